The van der Waals surface area contributed by atoms with Gasteiger partial charge in [-0.15, -0.1) is 0 Å². The first-order chi connectivity index (χ1) is 9.08. The van der Waals surface area contributed by atoms with Gasteiger partial charge in [-0.3, -0.25) is 14.3 Å². The molecule has 0 spiro atoms. The van der Waals surface area contributed by atoms with Gasteiger partial charge in [0.25, 0.3) is 0 Å². The molecule has 1 aromatic heterocycles. The van der Waals surface area contributed by atoms with Gasteiger partial charge in [-0.1, -0.05) is 0 Å². The van der Waals surface area contributed by atoms with Crippen molar-refractivity contribution in [1.29, 1.82) is 0 Å². The molecule has 1 aliphatic heterocycles. The summed E-state index contributed by atoms with van der Waals surface area (Å²) in [6, 6.07) is 0.738. The Morgan fingerprint density at radius 3 is 2.95 bits per heavy atom. The molecule has 2 rings (SSSR count). The minimum absolute atomic E-state index is 0.0539. The molecule has 1 aliphatic rings. The first kappa shape index (κ1) is 13.1. The monoisotopic (exact) mass is 266 g/mol. The van der Waals surface area contributed by atoms with Crippen molar-refractivity contribution in [1.82, 2.24) is 20.0 Å². The Kier molecular flexibility index (Phi) is 3.79. The predicted molar refractivity (Wildman–Crippen MR) is 63.0 cm³/mol. The van der Waals surface area contributed by atoms with Crippen LogP contribution in [0.25, 0.3) is 0 Å². The van der Waals surface area contributed by atoms with E-state index < -0.39 is 12.0 Å². The van der Waals surface area contributed by atoms with Crippen molar-refractivity contribution in [2.75, 3.05) is 13.1 Å². The predicted octanol–water partition coefficient (Wildman–Crippen LogP) is -1.32. The van der Waals surface area contributed by atoms with Gasteiger partial charge < -0.3 is 15.3 Å². The molecule has 2 amide bonds. The normalized spacial score (nSPS) is 19.1. The van der Waals surface area contributed by atoms with Crippen molar-refractivity contribution in [2.24, 2.45) is 0 Å². The molecule has 1 unspecified atom stereocenters. The van der Waals surface area contributed by atoms with Crippen LogP contribution in [0.3, 0.4) is 0 Å². The average molecular weight is 266 g/mol. The molecule has 0 bridgehead atoms. The fraction of sp³-hybridized carbons (Fsp3) is 0.455. The fourth-order valence-electron chi connectivity index (χ4n) is 1.91. The second-order valence-corrected chi connectivity index (χ2v) is 4.20. The lowest BCUT2D eigenvalue weighted by Gasteiger charge is -2.32. The van der Waals surface area contributed by atoms with Gasteiger partial charge in [0.05, 0.1) is 0 Å². The second-order valence-electron chi connectivity index (χ2n) is 4.20. The topological polar surface area (TPSA) is 105 Å². The number of amides is 2. The highest BCUT2D eigenvalue weighted by atomic mass is 16.4. The number of piperazine rings is 1. The van der Waals surface area contributed by atoms with E-state index in [1.165, 1.54) is 0 Å². The summed E-state index contributed by atoms with van der Waals surface area (Å²) < 4.78 is 1.58. The maximum atomic E-state index is 12.0. The van der Waals surface area contributed by atoms with E-state index in [0.29, 0.717) is 6.54 Å². The molecule has 0 saturated carbocycles. The van der Waals surface area contributed by atoms with Gasteiger partial charge in [0, 0.05) is 31.9 Å². The second kappa shape index (κ2) is 5.51. The zero-order valence-electron chi connectivity index (χ0n) is 10.2. The number of nitrogens with one attached hydrogen (secondary N) is 1. The van der Waals surface area contributed by atoms with Crippen molar-refractivity contribution in [3.63, 3.8) is 0 Å². The molecule has 8 heteroatoms. The lowest BCUT2D eigenvalue weighted by molar-refractivity contribution is -0.154. The van der Waals surface area contributed by atoms with E-state index in [1.54, 1.807) is 23.1 Å². The van der Waals surface area contributed by atoms with Crippen LogP contribution in [-0.2, 0) is 20.9 Å². The smallest absolute Gasteiger partial charge is 0.328 e. The highest BCUT2D eigenvalue weighted by molar-refractivity contribution is 5.91. The molecule has 1 atom stereocenters. The summed E-state index contributed by atoms with van der Waals surface area (Å²) in [7, 11) is 0. The molecule has 19 heavy (non-hydrogen) atoms. The third-order valence-electron chi connectivity index (χ3n) is 2.90. The first-order valence-corrected chi connectivity index (χ1v) is 5.84. The summed E-state index contributed by atoms with van der Waals surface area (Å²) in [6.45, 7) is 0.0902. The number of aryl methyl sites for hydroxylation is 1. The van der Waals surface area contributed by atoms with Crippen LogP contribution in [0.15, 0.2) is 18.5 Å². The maximum absolute atomic E-state index is 12.0. The van der Waals surface area contributed by atoms with E-state index in [2.05, 4.69) is 10.4 Å². The SMILES string of the molecule is O=C1CN(C(=O)CCn2cccn2)C(C(=O)O)CN1. The van der Waals surface area contributed by atoms with Crippen LogP contribution < -0.4 is 5.32 Å². The van der Waals surface area contributed by atoms with Crippen LogP contribution in [0, 0.1) is 0 Å². The largest absolute Gasteiger partial charge is 0.480 e. The van der Waals surface area contributed by atoms with Crippen molar-refractivity contribution in [3.8, 4) is 0 Å². The van der Waals surface area contributed by atoms with Gasteiger partial charge in [0.15, 0.2) is 0 Å². The zero-order chi connectivity index (χ0) is 13.8. The Morgan fingerprint density at radius 1 is 1.53 bits per heavy atom. The summed E-state index contributed by atoms with van der Waals surface area (Å²) in [5.74, 6) is -1.82. The molecule has 1 aromatic rings. The lowest BCUT2D eigenvalue weighted by Crippen LogP contribution is -2.59. The molecule has 1 saturated heterocycles. The van der Waals surface area contributed by atoms with Crippen LogP contribution in [-0.4, -0.2) is 56.7 Å². The van der Waals surface area contributed by atoms with E-state index in [1.807, 2.05) is 0 Å². The summed E-state index contributed by atoms with van der Waals surface area (Å²) in [6.07, 6.45) is 3.42. The molecule has 0 radical (unpaired) electrons. The Balaban J connectivity index is 1.98. The van der Waals surface area contributed by atoms with Gasteiger partial charge in [-0.25, -0.2) is 4.79 Å². The lowest BCUT2D eigenvalue weighted by atomic mass is 10.1. The van der Waals surface area contributed by atoms with Crippen molar-refractivity contribution in [2.45, 2.75) is 19.0 Å². The number of carboxylic acid groups (broad SMARTS) is 1. The van der Waals surface area contributed by atoms with E-state index >= 15 is 0 Å². The number of carbonyl (C=O) groups is 3. The number of aliphatic carboxylic acids is 1. The third-order valence-corrected chi connectivity index (χ3v) is 2.90. The summed E-state index contributed by atoms with van der Waals surface area (Å²) >= 11 is 0. The minimum atomic E-state index is -1.12. The molecule has 2 heterocycles. The highest BCUT2D eigenvalue weighted by Gasteiger charge is 2.34. The third kappa shape index (κ3) is 3.09. The van der Waals surface area contributed by atoms with Crippen molar-refractivity contribution < 1.29 is 19.5 Å². The molecule has 102 valence electrons. The van der Waals surface area contributed by atoms with E-state index in [0.717, 1.165) is 4.90 Å². The molecule has 0 aromatic carbocycles. The number of hydrogen-bond donors (Lipinski definition) is 2. The number of rotatable bonds is 4. The standard InChI is InChI=1S/C11H14N4O4/c16-9-7-15(8(6-12-9)11(18)19)10(17)2-5-14-4-1-3-13-14/h1,3-4,8H,2,5-7H2,(H,12,16)(H,18,19). The van der Waals surface area contributed by atoms with E-state index in [9.17, 15) is 14.4 Å². The van der Waals surface area contributed by atoms with Gasteiger partial charge in [0.2, 0.25) is 11.8 Å². The quantitative estimate of drug-likeness (QED) is 0.703. The Labute approximate surface area is 109 Å². The summed E-state index contributed by atoms with van der Waals surface area (Å²) in [5.41, 5.74) is 0. The Morgan fingerprint density at radius 2 is 2.32 bits per heavy atom. The number of nitrogens with zero attached hydrogens (tertiary/aromatic N) is 3. The summed E-state index contributed by atoms with van der Waals surface area (Å²) in [5, 5.41) is 15.4. The van der Waals surface area contributed by atoms with Crippen LogP contribution in [0.2, 0.25) is 0 Å². The van der Waals surface area contributed by atoms with Gasteiger partial charge in [-0.2, -0.15) is 5.10 Å². The van der Waals surface area contributed by atoms with Crippen LogP contribution in [0.4, 0.5) is 0 Å². The number of hydrogen-bond acceptors (Lipinski definition) is 4. The minimum Gasteiger partial charge on any atom is -0.480 e. The number of carbonyl (C=O) groups excluding carboxylic acids is 2. The highest BCUT2D eigenvalue weighted by Crippen LogP contribution is 2.07. The Hall–Kier alpha value is -2.38. The molecular formula is C11H14N4O4. The molecule has 1 fully saturated rings. The Bertz CT molecular complexity index is 485. The van der Waals surface area contributed by atoms with Gasteiger partial charge >= 0.3 is 5.97 Å². The number of carboxylic acids is 1. The summed E-state index contributed by atoms with van der Waals surface area (Å²) in [4.78, 5) is 35.4. The number of aromatic nitrogens is 2. The molecule has 2 N–H and O–H groups in total. The van der Waals surface area contributed by atoms with Crippen molar-refractivity contribution >= 4 is 17.8 Å². The van der Waals surface area contributed by atoms with Crippen LogP contribution in [0.1, 0.15) is 6.42 Å². The molecular weight excluding hydrogens is 252 g/mol. The van der Waals surface area contributed by atoms with Gasteiger partial charge in [-0.05, 0) is 6.07 Å². The van der Waals surface area contributed by atoms with Crippen molar-refractivity contribution in [3.05, 3.63) is 18.5 Å². The van der Waals surface area contributed by atoms with Crippen LogP contribution >= 0.6 is 0 Å². The van der Waals surface area contributed by atoms with Crippen LogP contribution in [0.5, 0.6) is 0 Å². The van der Waals surface area contributed by atoms with E-state index in [-0.39, 0.29) is 31.3 Å². The zero-order valence-corrected chi connectivity index (χ0v) is 10.2. The molecule has 0 aliphatic carbocycles. The first-order valence-electron chi connectivity index (χ1n) is 5.84. The fourth-order valence-corrected chi connectivity index (χ4v) is 1.91. The van der Waals surface area contributed by atoms with Gasteiger partial charge in [0.1, 0.15) is 12.6 Å². The van der Waals surface area contributed by atoms with E-state index in [4.69, 9.17) is 5.11 Å². The maximum Gasteiger partial charge on any atom is 0.328 e. The molecule has 8 nitrogen and oxygen atoms in total. The average Bonchev–Trinajstić information content (AvgIpc) is 2.88.